The Balaban J connectivity index is 1.65. The van der Waals surface area contributed by atoms with Crippen LogP contribution in [0.15, 0.2) is 66.0 Å². The van der Waals surface area contributed by atoms with E-state index in [0.717, 1.165) is 5.69 Å². The van der Waals surface area contributed by atoms with E-state index in [9.17, 15) is 19.7 Å². The van der Waals surface area contributed by atoms with Crippen molar-refractivity contribution in [2.24, 2.45) is 0 Å². The van der Waals surface area contributed by atoms with Crippen LogP contribution in [-0.2, 0) is 9.59 Å². The maximum Gasteiger partial charge on any atom is 0.270 e. The second-order valence-electron chi connectivity index (χ2n) is 6.75. The van der Waals surface area contributed by atoms with Gasteiger partial charge in [-0.1, -0.05) is 42.1 Å². The largest absolute Gasteiger partial charge is 0.294 e. The highest BCUT2D eigenvalue weighted by molar-refractivity contribution is 7.99. The van der Waals surface area contributed by atoms with Crippen molar-refractivity contribution in [1.82, 2.24) is 14.5 Å². The molecule has 0 bridgehead atoms. The molecule has 0 aliphatic carbocycles. The predicted molar refractivity (Wildman–Crippen MR) is 112 cm³/mol. The van der Waals surface area contributed by atoms with Gasteiger partial charge in [0, 0.05) is 42.5 Å². The van der Waals surface area contributed by atoms with E-state index in [2.05, 4.69) is 4.98 Å². The Labute approximate surface area is 176 Å². The first-order valence-electron chi connectivity index (χ1n) is 9.38. The van der Waals surface area contributed by atoms with Crippen molar-refractivity contribution >= 4 is 29.3 Å². The van der Waals surface area contributed by atoms with Crippen molar-refractivity contribution in [3.63, 3.8) is 0 Å². The molecule has 2 aromatic carbocycles. The van der Waals surface area contributed by atoms with Crippen LogP contribution < -0.4 is 0 Å². The van der Waals surface area contributed by atoms with Gasteiger partial charge in [0.15, 0.2) is 5.16 Å². The molecule has 0 spiro atoms. The summed E-state index contributed by atoms with van der Waals surface area (Å²) in [4.78, 5) is 40.8. The number of rotatable bonds is 6. The van der Waals surface area contributed by atoms with Gasteiger partial charge < -0.3 is 0 Å². The zero-order chi connectivity index (χ0) is 21.1. The molecule has 4 rings (SSSR count). The maximum absolute atomic E-state index is 12.4. The molecule has 8 nitrogen and oxygen atoms in total. The molecule has 1 aliphatic rings. The Morgan fingerprint density at radius 1 is 1.17 bits per heavy atom. The number of hydrogen-bond acceptors (Lipinski definition) is 6. The lowest BCUT2D eigenvalue weighted by atomic mass is 10.1. The molecule has 2 heterocycles. The third-order valence-electron chi connectivity index (χ3n) is 4.76. The van der Waals surface area contributed by atoms with Gasteiger partial charge >= 0.3 is 0 Å². The fourth-order valence-corrected chi connectivity index (χ4v) is 4.14. The van der Waals surface area contributed by atoms with E-state index < -0.39 is 4.92 Å². The SMILES string of the molecule is O=C1CCCN1C(=O)CSc1nc(-c2cccc([N+](=O)[O-])c2)cn1-c1ccccc1. The standard InChI is InChI=1S/C21H18N4O4S/c26-19-10-5-11-23(19)20(27)14-30-21-22-18(13-24(21)16-7-2-1-3-8-16)15-6-4-9-17(12-15)25(28)29/h1-4,6-9,12-13H,5,10-11,14H2. The zero-order valence-corrected chi connectivity index (χ0v) is 16.7. The van der Waals surface area contributed by atoms with Gasteiger partial charge in [-0.05, 0) is 18.6 Å². The first kappa shape index (κ1) is 19.8. The molecule has 0 N–H and O–H groups in total. The summed E-state index contributed by atoms with van der Waals surface area (Å²) < 4.78 is 1.85. The van der Waals surface area contributed by atoms with E-state index in [1.165, 1.54) is 28.8 Å². The number of benzene rings is 2. The molecule has 1 aliphatic heterocycles. The summed E-state index contributed by atoms with van der Waals surface area (Å²) >= 11 is 1.24. The molecule has 0 saturated carbocycles. The number of likely N-dealkylation sites (tertiary alicyclic amines) is 1. The molecule has 0 unspecified atom stereocenters. The van der Waals surface area contributed by atoms with Crippen molar-refractivity contribution in [3.05, 3.63) is 70.9 Å². The summed E-state index contributed by atoms with van der Waals surface area (Å²) in [7, 11) is 0. The van der Waals surface area contributed by atoms with E-state index in [0.29, 0.717) is 35.8 Å². The van der Waals surface area contributed by atoms with Gasteiger partial charge in [-0.25, -0.2) is 4.98 Å². The van der Waals surface area contributed by atoms with Crippen LogP contribution in [0.2, 0.25) is 0 Å². The molecular weight excluding hydrogens is 404 g/mol. The fourth-order valence-electron chi connectivity index (χ4n) is 3.27. The van der Waals surface area contributed by atoms with Crippen molar-refractivity contribution in [1.29, 1.82) is 0 Å². The molecular formula is C21H18N4O4S. The zero-order valence-electron chi connectivity index (χ0n) is 15.9. The van der Waals surface area contributed by atoms with Crippen molar-refractivity contribution < 1.29 is 14.5 Å². The second kappa shape index (κ2) is 8.50. The minimum Gasteiger partial charge on any atom is -0.294 e. The normalized spacial score (nSPS) is 13.6. The number of amides is 2. The molecule has 1 aromatic heterocycles. The molecule has 0 radical (unpaired) electrons. The number of thioether (sulfide) groups is 1. The van der Waals surface area contributed by atoms with Crippen LogP contribution in [0.25, 0.3) is 16.9 Å². The maximum atomic E-state index is 12.4. The highest BCUT2D eigenvalue weighted by atomic mass is 32.2. The van der Waals surface area contributed by atoms with Crippen molar-refractivity contribution in [2.45, 2.75) is 18.0 Å². The molecule has 3 aromatic rings. The lowest BCUT2D eigenvalue weighted by molar-refractivity contribution is -0.384. The lowest BCUT2D eigenvalue weighted by Gasteiger charge is -2.13. The Bertz CT molecular complexity index is 1110. The number of aromatic nitrogens is 2. The van der Waals surface area contributed by atoms with Gasteiger partial charge in [0.05, 0.1) is 16.4 Å². The van der Waals surface area contributed by atoms with Gasteiger partial charge in [0.1, 0.15) is 0 Å². The van der Waals surface area contributed by atoms with Crippen LogP contribution in [0.5, 0.6) is 0 Å². The van der Waals surface area contributed by atoms with E-state index in [4.69, 9.17) is 0 Å². The third-order valence-corrected chi connectivity index (χ3v) is 5.70. The Hall–Kier alpha value is -3.46. The quantitative estimate of drug-likeness (QED) is 0.341. The summed E-state index contributed by atoms with van der Waals surface area (Å²) in [6.45, 7) is 0.463. The molecule has 0 atom stereocenters. The minimum atomic E-state index is -0.445. The average Bonchev–Trinajstić information content (AvgIpc) is 3.39. The third kappa shape index (κ3) is 4.11. The number of non-ortho nitro benzene ring substituents is 1. The number of hydrogen-bond donors (Lipinski definition) is 0. The molecule has 1 saturated heterocycles. The van der Waals surface area contributed by atoms with Crippen LogP contribution in [0, 0.1) is 10.1 Å². The summed E-state index contributed by atoms with van der Waals surface area (Å²) in [6.07, 6.45) is 2.90. The van der Waals surface area contributed by atoms with Crippen LogP contribution in [0.1, 0.15) is 12.8 Å². The van der Waals surface area contributed by atoms with Gasteiger partial charge in [0.25, 0.3) is 5.69 Å². The number of nitro benzene ring substituents is 1. The summed E-state index contributed by atoms with van der Waals surface area (Å²) in [5.41, 5.74) is 2.02. The van der Waals surface area contributed by atoms with Gasteiger partial charge in [-0.15, -0.1) is 0 Å². The number of carbonyl (C=O) groups excluding carboxylic acids is 2. The Kier molecular flexibility index (Phi) is 5.62. The number of carbonyl (C=O) groups is 2. The van der Waals surface area contributed by atoms with Crippen LogP contribution >= 0.6 is 11.8 Å². The molecule has 9 heteroatoms. The molecule has 1 fully saturated rings. The monoisotopic (exact) mass is 422 g/mol. The summed E-state index contributed by atoms with van der Waals surface area (Å²) in [5.74, 6) is -0.282. The van der Waals surface area contributed by atoms with Crippen LogP contribution in [0.4, 0.5) is 5.69 Å². The highest BCUT2D eigenvalue weighted by Crippen LogP contribution is 2.29. The number of imidazole rings is 1. The van der Waals surface area contributed by atoms with E-state index in [-0.39, 0.29) is 23.3 Å². The smallest absolute Gasteiger partial charge is 0.270 e. The highest BCUT2D eigenvalue weighted by Gasteiger charge is 2.26. The van der Waals surface area contributed by atoms with Crippen molar-refractivity contribution in [3.8, 4) is 16.9 Å². The molecule has 152 valence electrons. The number of nitro groups is 1. The van der Waals surface area contributed by atoms with Gasteiger partial charge in [0.2, 0.25) is 11.8 Å². The topological polar surface area (TPSA) is 98.3 Å². The van der Waals surface area contributed by atoms with E-state index in [1.807, 2.05) is 34.9 Å². The Morgan fingerprint density at radius 3 is 2.67 bits per heavy atom. The molecule has 2 amide bonds. The minimum absolute atomic E-state index is 0.0151. The van der Waals surface area contributed by atoms with E-state index in [1.54, 1.807) is 18.3 Å². The number of nitrogens with zero attached hydrogens (tertiary/aromatic N) is 4. The summed E-state index contributed by atoms with van der Waals surface area (Å²) in [5, 5.41) is 11.7. The van der Waals surface area contributed by atoms with Crippen molar-refractivity contribution in [2.75, 3.05) is 12.3 Å². The lowest BCUT2D eigenvalue weighted by Crippen LogP contribution is -2.33. The number of imide groups is 1. The van der Waals surface area contributed by atoms with E-state index >= 15 is 0 Å². The van der Waals surface area contributed by atoms with Gasteiger partial charge in [-0.3, -0.25) is 29.2 Å². The fraction of sp³-hybridized carbons (Fsp3) is 0.190. The van der Waals surface area contributed by atoms with Gasteiger partial charge in [-0.2, -0.15) is 0 Å². The first-order chi connectivity index (χ1) is 14.5. The summed E-state index contributed by atoms with van der Waals surface area (Å²) in [6, 6.07) is 15.8. The molecule has 30 heavy (non-hydrogen) atoms. The Morgan fingerprint density at radius 2 is 1.97 bits per heavy atom. The average molecular weight is 422 g/mol. The first-order valence-corrected chi connectivity index (χ1v) is 10.4. The number of para-hydroxylation sites is 1. The van der Waals surface area contributed by atoms with Crippen LogP contribution in [0.3, 0.4) is 0 Å². The second-order valence-corrected chi connectivity index (χ2v) is 7.70. The predicted octanol–water partition coefficient (Wildman–Crippen LogP) is 3.69. The van der Waals surface area contributed by atoms with Crippen LogP contribution in [-0.4, -0.2) is 43.5 Å².